The van der Waals surface area contributed by atoms with E-state index in [1.54, 1.807) is 14.2 Å². The molecule has 0 fully saturated rings. The number of ether oxygens (including phenoxy) is 2. The van der Waals surface area contributed by atoms with Crippen LogP contribution in [0.2, 0.25) is 0 Å². The smallest absolute Gasteiger partial charge is 0.126 e. The van der Waals surface area contributed by atoms with Gasteiger partial charge in [-0.3, -0.25) is 0 Å². The summed E-state index contributed by atoms with van der Waals surface area (Å²) in [7, 11) is 3.44. The van der Waals surface area contributed by atoms with Crippen molar-refractivity contribution >= 4 is 10.8 Å². The quantitative estimate of drug-likeness (QED) is 0.775. The summed E-state index contributed by atoms with van der Waals surface area (Å²) >= 11 is 0. The van der Waals surface area contributed by atoms with Crippen LogP contribution in [0.1, 0.15) is 5.56 Å². The summed E-state index contributed by atoms with van der Waals surface area (Å²) < 4.78 is 10.4. The monoisotopic (exact) mass is 259 g/mol. The van der Waals surface area contributed by atoms with Crippen molar-refractivity contribution in [2.24, 2.45) is 0 Å². The van der Waals surface area contributed by atoms with Crippen LogP contribution in [0.4, 0.5) is 0 Å². The summed E-state index contributed by atoms with van der Waals surface area (Å²) in [5.74, 6) is 0.937. The Morgan fingerprint density at radius 1 is 0.947 bits per heavy atom. The Labute approximate surface area is 114 Å². The average Bonchev–Trinajstić information content (AvgIpc) is 2.47. The minimum Gasteiger partial charge on any atom is -0.496 e. The van der Waals surface area contributed by atoms with E-state index in [9.17, 15) is 0 Å². The second-order valence-corrected chi connectivity index (χ2v) is 4.47. The second kappa shape index (κ2) is 7.12. The summed E-state index contributed by atoms with van der Waals surface area (Å²) in [6, 6.07) is 12.6. The molecule has 0 unspecified atom stereocenters. The molecule has 0 amide bonds. The van der Waals surface area contributed by atoms with E-state index in [0.29, 0.717) is 0 Å². The predicted octanol–water partition coefficient (Wildman–Crippen LogP) is 2.63. The minimum absolute atomic E-state index is 0.753. The zero-order chi connectivity index (χ0) is 13.5. The number of benzene rings is 2. The molecule has 0 saturated heterocycles. The van der Waals surface area contributed by atoms with Crippen LogP contribution in [0.3, 0.4) is 0 Å². The van der Waals surface area contributed by atoms with E-state index in [1.165, 1.54) is 16.3 Å². The number of hydrogen-bond acceptors (Lipinski definition) is 3. The van der Waals surface area contributed by atoms with Crippen molar-refractivity contribution in [3.8, 4) is 5.75 Å². The van der Waals surface area contributed by atoms with Crippen molar-refractivity contribution in [1.82, 2.24) is 5.32 Å². The lowest BCUT2D eigenvalue weighted by molar-refractivity contribution is 0.199. The molecule has 0 atom stereocenters. The van der Waals surface area contributed by atoms with Gasteiger partial charge in [0.15, 0.2) is 0 Å². The Morgan fingerprint density at radius 3 is 2.47 bits per heavy atom. The molecule has 3 nitrogen and oxygen atoms in total. The van der Waals surface area contributed by atoms with Crippen LogP contribution in [0, 0.1) is 0 Å². The first-order valence-electron chi connectivity index (χ1n) is 6.61. The maximum atomic E-state index is 5.41. The van der Waals surface area contributed by atoms with Crippen LogP contribution in [0.5, 0.6) is 5.75 Å². The van der Waals surface area contributed by atoms with Crippen molar-refractivity contribution in [3.05, 3.63) is 42.0 Å². The van der Waals surface area contributed by atoms with Gasteiger partial charge in [-0.1, -0.05) is 30.3 Å². The predicted molar refractivity (Wildman–Crippen MR) is 78.9 cm³/mol. The van der Waals surface area contributed by atoms with Gasteiger partial charge in [0.25, 0.3) is 0 Å². The molecular formula is C16H21NO2. The summed E-state index contributed by atoms with van der Waals surface area (Å²) in [4.78, 5) is 0. The number of nitrogens with one attached hydrogen (secondary N) is 1. The Hall–Kier alpha value is -1.58. The van der Waals surface area contributed by atoms with E-state index in [4.69, 9.17) is 9.47 Å². The molecule has 0 saturated carbocycles. The van der Waals surface area contributed by atoms with E-state index < -0.39 is 0 Å². The standard InChI is InChI=1S/C16H21NO2/c1-18-12-11-17-10-9-13-7-8-16(19-2)15-6-4-3-5-14(13)15/h3-8,17H,9-12H2,1-2H3. The molecule has 2 aromatic carbocycles. The molecular weight excluding hydrogens is 238 g/mol. The SMILES string of the molecule is COCCNCCc1ccc(OC)c2ccccc12. The highest BCUT2D eigenvalue weighted by Crippen LogP contribution is 2.28. The van der Waals surface area contributed by atoms with Gasteiger partial charge in [-0.15, -0.1) is 0 Å². The summed E-state index contributed by atoms with van der Waals surface area (Å²) in [6.45, 7) is 2.60. The van der Waals surface area contributed by atoms with Gasteiger partial charge in [0.2, 0.25) is 0 Å². The second-order valence-electron chi connectivity index (χ2n) is 4.47. The van der Waals surface area contributed by atoms with E-state index in [-0.39, 0.29) is 0 Å². The largest absolute Gasteiger partial charge is 0.496 e. The van der Waals surface area contributed by atoms with Crippen LogP contribution >= 0.6 is 0 Å². The van der Waals surface area contributed by atoms with E-state index in [0.717, 1.165) is 31.9 Å². The average molecular weight is 259 g/mol. The summed E-state index contributed by atoms with van der Waals surface area (Å²) in [5.41, 5.74) is 1.35. The molecule has 0 aromatic heterocycles. The van der Waals surface area contributed by atoms with Crippen molar-refractivity contribution < 1.29 is 9.47 Å². The Kier molecular flexibility index (Phi) is 5.19. The van der Waals surface area contributed by atoms with Crippen LogP contribution in [-0.4, -0.2) is 33.9 Å². The van der Waals surface area contributed by atoms with Crippen molar-refractivity contribution in [2.75, 3.05) is 33.9 Å². The molecule has 0 radical (unpaired) electrons. The van der Waals surface area contributed by atoms with Gasteiger partial charge < -0.3 is 14.8 Å². The maximum Gasteiger partial charge on any atom is 0.126 e. The minimum atomic E-state index is 0.753. The molecule has 0 aliphatic heterocycles. The molecule has 0 spiro atoms. The molecule has 102 valence electrons. The van der Waals surface area contributed by atoms with Crippen molar-refractivity contribution in [3.63, 3.8) is 0 Å². The highest BCUT2D eigenvalue weighted by molar-refractivity contribution is 5.91. The molecule has 0 aliphatic carbocycles. The lowest BCUT2D eigenvalue weighted by Gasteiger charge is -2.11. The third-order valence-corrected chi connectivity index (χ3v) is 3.25. The van der Waals surface area contributed by atoms with Crippen molar-refractivity contribution in [1.29, 1.82) is 0 Å². The third kappa shape index (κ3) is 3.46. The molecule has 3 heteroatoms. The normalized spacial score (nSPS) is 10.8. The van der Waals surface area contributed by atoms with Gasteiger partial charge in [-0.2, -0.15) is 0 Å². The lowest BCUT2D eigenvalue weighted by atomic mass is 10.0. The number of rotatable bonds is 7. The Balaban J connectivity index is 2.11. The van der Waals surface area contributed by atoms with Crippen LogP contribution in [-0.2, 0) is 11.2 Å². The van der Waals surface area contributed by atoms with Gasteiger partial charge in [-0.25, -0.2) is 0 Å². The first-order chi connectivity index (χ1) is 9.36. The summed E-state index contributed by atoms with van der Waals surface area (Å²) in [6.07, 6.45) is 1.01. The maximum absolute atomic E-state index is 5.41. The van der Waals surface area contributed by atoms with Crippen molar-refractivity contribution in [2.45, 2.75) is 6.42 Å². The number of fused-ring (bicyclic) bond motifs is 1. The van der Waals surface area contributed by atoms with Crippen LogP contribution in [0.25, 0.3) is 10.8 Å². The van der Waals surface area contributed by atoms with Crippen LogP contribution < -0.4 is 10.1 Å². The molecule has 1 N–H and O–H groups in total. The van der Waals surface area contributed by atoms with E-state index in [2.05, 4.69) is 29.6 Å². The fourth-order valence-corrected chi connectivity index (χ4v) is 2.25. The first kappa shape index (κ1) is 13.8. The number of hydrogen-bond donors (Lipinski definition) is 1. The summed E-state index contributed by atoms with van der Waals surface area (Å²) in [5, 5.41) is 5.83. The van der Waals surface area contributed by atoms with E-state index >= 15 is 0 Å². The zero-order valence-corrected chi connectivity index (χ0v) is 11.6. The zero-order valence-electron chi connectivity index (χ0n) is 11.6. The number of methoxy groups -OCH3 is 2. The highest BCUT2D eigenvalue weighted by atomic mass is 16.5. The molecule has 0 bridgehead atoms. The fraction of sp³-hybridized carbons (Fsp3) is 0.375. The topological polar surface area (TPSA) is 30.5 Å². The third-order valence-electron chi connectivity index (χ3n) is 3.25. The Morgan fingerprint density at radius 2 is 1.74 bits per heavy atom. The van der Waals surface area contributed by atoms with Gasteiger partial charge in [0.05, 0.1) is 13.7 Å². The van der Waals surface area contributed by atoms with Gasteiger partial charge in [-0.05, 0) is 30.0 Å². The Bertz CT molecular complexity index is 525. The molecule has 19 heavy (non-hydrogen) atoms. The first-order valence-corrected chi connectivity index (χ1v) is 6.61. The lowest BCUT2D eigenvalue weighted by Crippen LogP contribution is -2.21. The van der Waals surface area contributed by atoms with Gasteiger partial charge in [0, 0.05) is 19.0 Å². The van der Waals surface area contributed by atoms with E-state index in [1.807, 2.05) is 12.1 Å². The molecule has 0 aliphatic rings. The molecule has 2 rings (SSSR count). The van der Waals surface area contributed by atoms with Crippen LogP contribution in [0.15, 0.2) is 36.4 Å². The highest BCUT2D eigenvalue weighted by Gasteiger charge is 2.05. The fourth-order valence-electron chi connectivity index (χ4n) is 2.25. The van der Waals surface area contributed by atoms with Gasteiger partial charge in [0.1, 0.15) is 5.75 Å². The molecule has 0 heterocycles. The molecule has 2 aromatic rings. The van der Waals surface area contributed by atoms with Gasteiger partial charge >= 0.3 is 0 Å².